The number of hydrogen-bond acceptors (Lipinski definition) is 4. The molecule has 2 heterocycles. The lowest BCUT2D eigenvalue weighted by Gasteiger charge is -2.15. The lowest BCUT2D eigenvalue weighted by Crippen LogP contribution is -2.40. The molecule has 6 nitrogen and oxygen atoms in total. The van der Waals surface area contributed by atoms with Crippen LogP contribution in [0.2, 0.25) is 0 Å². The van der Waals surface area contributed by atoms with Gasteiger partial charge in [0.1, 0.15) is 0 Å². The number of hydrogen-bond donors (Lipinski definition) is 1. The van der Waals surface area contributed by atoms with Gasteiger partial charge < -0.3 is 5.21 Å². The van der Waals surface area contributed by atoms with Crippen molar-refractivity contribution in [2.45, 2.75) is 34.2 Å². The van der Waals surface area contributed by atoms with Crippen molar-refractivity contribution in [1.29, 1.82) is 0 Å². The SMILES string of the molecule is CC(C)(C)C(=O)c1cc[n+](COC[n+]2ccc(/C=N\O)cc2)cc1. The van der Waals surface area contributed by atoms with Gasteiger partial charge in [-0.15, -0.1) is 0 Å². The van der Waals surface area contributed by atoms with Crippen molar-refractivity contribution in [2.24, 2.45) is 10.6 Å². The molecule has 0 aliphatic heterocycles. The summed E-state index contributed by atoms with van der Waals surface area (Å²) in [6, 6.07) is 7.27. The first-order chi connectivity index (χ1) is 11.4. The lowest BCUT2D eigenvalue weighted by atomic mass is 9.87. The van der Waals surface area contributed by atoms with Gasteiger partial charge in [-0.05, 0) is 0 Å². The summed E-state index contributed by atoms with van der Waals surface area (Å²) in [5.41, 5.74) is 1.13. The summed E-state index contributed by atoms with van der Waals surface area (Å²) in [5, 5.41) is 11.4. The average molecular weight is 329 g/mol. The van der Waals surface area contributed by atoms with Crippen LogP contribution < -0.4 is 9.13 Å². The zero-order valence-electron chi connectivity index (χ0n) is 14.2. The predicted molar refractivity (Wildman–Crippen MR) is 87.5 cm³/mol. The van der Waals surface area contributed by atoms with Crippen molar-refractivity contribution in [3.05, 3.63) is 60.2 Å². The monoisotopic (exact) mass is 329 g/mol. The summed E-state index contributed by atoms with van der Waals surface area (Å²) in [6.07, 6.45) is 8.72. The Morgan fingerprint density at radius 3 is 2.04 bits per heavy atom. The maximum absolute atomic E-state index is 12.2. The third-order valence-electron chi connectivity index (χ3n) is 3.44. The first-order valence-electron chi connectivity index (χ1n) is 7.68. The van der Waals surface area contributed by atoms with Crippen LogP contribution in [0.25, 0.3) is 0 Å². The zero-order valence-corrected chi connectivity index (χ0v) is 14.2. The van der Waals surface area contributed by atoms with E-state index in [0.717, 1.165) is 5.56 Å². The molecule has 0 saturated carbocycles. The van der Waals surface area contributed by atoms with E-state index >= 15 is 0 Å². The molecule has 2 aromatic heterocycles. The Hall–Kier alpha value is -2.60. The minimum absolute atomic E-state index is 0.123. The Morgan fingerprint density at radius 2 is 1.58 bits per heavy atom. The molecule has 0 saturated heterocycles. The Bertz CT molecular complexity index is 702. The van der Waals surface area contributed by atoms with E-state index in [0.29, 0.717) is 19.0 Å². The molecule has 0 radical (unpaired) electrons. The topological polar surface area (TPSA) is 66.7 Å². The van der Waals surface area contributed by atoms with Crippen molar-refractivity contribution in [3.63, 3.8) is 0 Å². The van der Waals surface area contributed by atoms with E-state index in [1.165, 1.54) is 6.21 Å². The van der Waals surface area contributed by atoms with Gasteiger partial charge in [0.15, 0.2) is 30.6 Å². The summed E-state index contributed by atoms with van der Waals surface area (Å²) in [4.78, 5) is 12.2. The van der Waals surface area contributed by atoms with E-state index in [-0.39, 0.29) is 11.2 Å². The van der Waals surface area contributed by atoms with Crippen LogP contribution in [-0.2, 0) is 18.2 Å². The largest absolute Gasteiger partial charge is 0.411 e. The Balaban J connectivity index is 1.87. The first kappa shape index (κ1) is 17.7. The zero-order chi connectivity index (χ0) is 17.6. The maximum atomic E-state index is 12.2. The molecule has 0 aliphatic carbocycles. The Kier molecular flexibility index (Phi) is 5.76. The lowest BCUT2D eigenvalue weighted by molar-refractivity contribution is -0.788. The van der Waals surface area contributed by atoms with Gasteiger partial charge >= 0.3 is 0 Å². The minimum Gasteiger partial charge on any atom is -0.411 e. The second-order valence-electron chi connectivity index (χ2n) is 6.53. The molecule has 24 heavy (non-hydrogen) atoms. The van der Waals surface area contributed by atoms with Crippen molar-refractivity contribution in [3.8, 4) is 0 Å². The van der Waals surface area contributed by atoms with Gasteiger partial charge in [0.25, 0.3) is 13.5 Å². The van der Waals surface area contributed by atoms with Gasteiger partial charge in [-0.25, -0.2) is 0 Å². The molecular weight excluding hydrogens is 306 g/mol. The molecule has 0 unspecified atom stereocenters. The number of carbonyl (C=O) groups excluding carboxylic acids is 1. The van der Waals surface area contributed by atoms with Crippen LogP contribution in [0.5, 0.6) is 0 Å². The number of aromatic nitrogens is 2. The predicted octanol–water partition coefficient (Wildman–Crippen LogP) is 1.93. The van der Waals surface area contributed by atoms with E-state index in [1.807, 2.05) is 79.0 Å². The fraction of sp³-hybridized carbons (Fsp3) is 0.333. The highest BCUT2D eigenvalue weighted by molar-refractivity contribution is 5.99. The highest BCUT2D eigenvalue weighted by atomic mass is 16.5. The fourth-order valence-electron chi connectivity index (χ4n) is 2.09. The second kappa shape index (κ2) is 7.79. The highest BCUT2D eigenvalue weighted by Gasteiger charge is 2.23. The van der Waals surface area contributed by atoms with Crippen LogP contribution in [-0.4, -0.2) is 17.2 Å². The molecule has 6 heteroatoms. The summed E-state index contributed by atoms with van der Waals surface area (Å²) in [7, 11) is 0. The molecule has 1 N–H and O–H groups in total. The molecule has 0 bridgehead atoms. The van der Waals surface area contributed by atoms with Crippen molar-refractivity contribution < 1.29 is 23.9 Å². The van der Waals surface area contributed by atoms with Crippen LogP contribution in [0.15, 0.2) is 54.2 Å². The molecule has 2 aromatic rings. The number of ketones is 1. The van der Waals surface area contributed by atoms with E-state index in [2.05, 4.69) is 5.16 Å². The van der Waals surface area contributed by atoms with Crippen molar-refractivity contribution >= 4 is 12.0 Å². The molecule has 0 amide bonds. The smallest absolute Gasteiger partial charge is 0.257 e. The number of Topliss-reactive ketones (excluding diaryl/α,β-unsaturated/α-hetero) is 1. The summed E-state index contributed by atoms with van der Waals surface area (Å²) >= 11 is 0. The molecule has 0 fully saturated rings. The van der Waals surface area contributed by atoms with Crippen molar-refractivity contribution in [1.82, 2.24) is 0 Å². The van der Waals surface area contributed by atoms with Gasteiger partial charge in [0.2, 0.25) is 0 Å². The fourth-order valence-corrected chi connectivity index (χ4v) is 2.09. The van der Waals surface area contributed by atoms with Crippen LogP contribution >= 0.6 is 0 Å². The molecular formula is C18H23N3O3+2. The first-order valence-corrected chi connectivity index (χ1v) is 7.68. The normalized spacial score (nSPS) is 11.8. The van der Waals surface area contributed by atoms with Gasteiger partial charge in [-0.1, -0.05) is 25.9 Å². The second-order valence-corrected chi connectivity index (χ2v) is 6.53. The van der Waals surface area contributed by atoms with Gasteiger partial charge in [-0.2, -0.15) is 9.13 Å². The molecule has 126 valence electrons. The molecule has 0 atom stereocenters. The highest BCUT2D eigenvalue weighted by Crippen LogP contribution is 2.19. The van der Waals surface area contributed by atoms with Crippen LogP contribution in [0.4, 0.5) is 0 Å². The van der Waals surface area contributed by atoms with Gasteiger partial charge in [0, 0.05) is 40.8 Å². The summed E-state index contributed by atoms with van der Waals surface area (Å²) in [6.45, 7) is 6.51. The van der Waals surface area contributed by atoms with E-state index in [4.69, 9.17) is 9.94 Å². The average Bonchev–Trinajstić information content (AvgIpc) is 2.56. The Labute approximate surface area is 141 Å². The number of carbonyl (C=O) groups is 1. The number of ether oxygens (including phenoxy) is 1. The van der Waals surface area contributed by atoms with E-state index in [9.17, 15) is 4.79 Å². The molecule has 0 spiro atoms. The molecule has 2 rings (SSSR count). The van der Waals surface area contributed by atoms with Crippen LogP contribution in [0.1, 0.15) is 36.7 Å². The van der Waals surface area contributed by atoms with Crippen LogP contribution in [0.3, 0.4) is 0 Å². The van der Waals surface area contributed by atoms with Crippen molar-refractivity contribution in [2.75, 3.05) is 0 Å². The molecule has 0 aromatic carbocycles. The quantitative estimate of drug-likeness (QED) is 0.289. The summed E-state index contributed by atoms with van der Waals surface area (Å²) < 4.78 is 9.37. The van der Waals surface area contributed by atoms with E-state index < -0.39 is 0 Å². The van der Waals surface area contributed by atoms with E-state index in [1.54, 1.807) is 0 Å². The van der Waals surface area contributed by atoms with Crippen LogP contribution in [0, 0.1) is 5.41 Å². The van der Waals surface area contributed by atoms with Gasteiger partial charge in [0.05, 0.1) is 6.21 Å². The Morgan fingerprint density at radius 1 is 1.08 bits per heavy atom. The standard InChI is InChI=1S/C18H22N3O3/c1-18(2,3)17(22)16-6-10-21(11-7-16)14-24-13-20-8-4-15(5-9-20)12-19-23/h4-12H,13-14H2,1-3H3/q+1/p+1. The number of nitrogens with zero attached hydrogens (tertiary/aromatic N) is 3. The van der Waals surface area contributed by atoms with Gasteiger partial charge in [-0.3, -0.25) is 9.53 Å². The summed E-state index contributed by atoms with van der Waals surface area (Å²) in [5.74, 6) is 0.123. The third kappa shape index (κ3) is 4.96. The minimum atomic E-state index is -0.383. The third-order valence-corrected chi connectivity index (χ3v) is 3.44. The maximum Gasteiger partial charge on any atom is 0.257 e. The number of pyridine rings is 2. The number of oxime groups is 1. The number of rotatable bonds is 6. The molecule has 0 aliphatic rings.